The first-order valence-electron chi connectivity index (χ1n) is 4.98. The zero-order chi connectivity index (χ0) is 13.1. The highest BCUT2D eigenvalue weighted by Crippen LogP contribution is 2.30. The number of halogens is 3. The number of benzene rings is 1. The van der Waals surface area contributed by atoms with Crippen LogP contribution in [0.4, 0.5) is 13.2 Å². The van der Waals surface area contributed by atoms with Crippen LogP contribution in [0.25, 0.3) is 0 Å². The summed E-state index contributed by atoms with van der Waals surface area (Å²) in [6.07, 6.45) is -5.14. The van der Waals surface area contributed by atoms with E-state index in [4.69, 9.17) is 10.5 Å². The van der Waals surface area contributed by atoms with Crippen LogP contribution in [0.5, 0.6) is 5.75 Å². The number of methoxy groups -OCH3 is 1. The van der Waals surface area contributed by atoms with Crippen molar-refractivity contribution in [3.05, 3.63) is 29.8 Å². The molecule has 0 spiro atoms. The summed E-state index contributed by atoms with van der Waals surface area (Å²) in [7, 11) is 1.44. The smallest absolute Gasteiger partial charge is 0.405 e. The number of alkyl halides is 3. The van der Waals surface area contributed by atoms with Crippen molar-refractivity contribution >= 4 is 0 Å². The average Bonchev–Trinajstić information content (AvgIpc) is 2.25. The van der Waals surface area contributed by atoms with Crippen LogP contribution in [-0.4, -0.2) is 19.6 Å². The molecule has 0 aliphatic rings. The molecule has 0 bridgehead atoms. The van der Waals surface area contributed by atoms with Crippen molar-refractivity contribution in [1.29, 1.82) is 0 Å². The van der Waals surface area contributed by atoms with Crippen molar-refractivity contribution in [3.8, 4) is 5.75 Å². The van der Waals surface area contributed by atoms with E-state index in [-0.39, 0.29) is 11.3 Å². The van der Waals surface area contributed by atoms with Crippen molar-refractivity contribution < 1.29 is 22.6 Å². The highest BCUT2D eigenvalue weighted by molar-refractivity contribution is 5.36. The van der Waals surface area contributed by atoms with Crippen molar-refractivity contribution in [3.63, 3.8) is 0 Å². The molecular formula is C11H14F3NO2. The monoisotopic (exact) mass is 249 g/mol. The van der Waals surface area contributed by atoms with Gasteiger partial charge in [-0.2, -0.15) is 0 Å². The topological polar surface area (TPSA) is 44.5 Å². The Kier molecular flexibility index (Phi) is 4.36. The zero-order valence-corrected chi connectivity index (χ0v) is 9.49. The predicted molar refractivity (Wildman–Crippen MR) is 56.5 cm³/mol. The van der Waals surface area contributed by atoms with E-state index in [2.05, 4.69) is 4.74 Å². The van der Waals surface area contributed by atoms with Gasteiger partial charge in [-0.05, 0) is 13.0 Å². The fraction of sp³-hybridized carbons (Fsp3) is 0.455. The van der Waals surface area contributed by atoms with E-state index in [1.165, 1.54) is 25.3 Å². The highest BCUT2D eigenvalue weighted by Gasteiger charge is 2.33. The summed E-state index contributed by atoms with van der Waals surface area (Å²) in [4.78, 5) is 0. The fourth-order valence-corrected chi connectivity index (χ4v) is 1.37. The molecule has 1 aromatic carbocycles. The van der Waals surface area contributed by atoms with Crippen LogP contribution in [0.3, 0.4) is 0 Å². The summed E-state index contributed by atoms with van der Waals surface area (Å²) in [5.74, 6) is -0.295. The third-order valence-corrected chi connectivity index (χ3v) is 2.38. The third kappa shape index (κ3) is 3.90. The minimum absolute atomic E-state index is 0.263. The minimum atomic E-state index is -4.73. The molecule has 0 heterocycles. The Morgan fingerprint density at radius 2 is 1.82 bits per heavy atom. The number of hydrogen-bond donors (Lipinski definition) is 1. The van der Waals surface area contributed by atoms with Crippen LogP contribution in [0, 0.1) is 0 Å². The second-order valence-corrected chi connectivity index (χ2v) is 3.55. The SMILES string of the molecule is COC(C)C(N)c1ccccc1OC(F)(F)F. The highest BCUT2D eigenvalue weighted by atomic mass is 19.4. The molecule has 1 rings (SSSR count). The first kappa shape index (κ1) is 13.8. The molecule has 2 atom stereocenters. The van der Waals surface area contributed by atoms with Gasteiger partial charge in [0.1, 0.15) is 5.75 Å². The van der Waals surface area contributed by atoms with Crippen LogP contribution in [-0.2, 0) is 4.74 Å². The van der Waals surface area contributed by atoms with E-state index >= 15 is 0 Å². The van der Waals surface area contributed by atoms with E-state index in [9.17, 15) is 13.2 Å². The number of nitrogens with two attached hydrogens (primary N) is 1. The second kappa shape index (κ2) is 5.37. The summed E-state index contributed by atoms with van der Waals surface area (Å²) < 4.78 is 45.4. The zero-order valence-electron chi connectivity index (χ0n) is 9.49. The van der Waals surface area contributed by atoms with Gasteiger partial charge in [0.2, 0.25) is 0 Å². The van der Waals surface area contributed by atoms with Gasteiger partial charge in [-0.15, -0.1) is 13.2 Å². The molecule has 0 saturated carbocycles. The van der Waals surface area contributed by atoms with Crippen molar-refractivity contribution in [1.82, 2.24) is 0 Å². The van der Waals surface area contributed by atoms with E-state index in [0.29, 0.717) is 0 Å². The molecule has 6 heteroatoms. The van der Waals surface area contributed by atoms with Crippen molar-refractivity contribution in [2.75, 3.05) is 7.11 Å². The van der Waals surface area contributed by atoms with E-state index in [0.717, 1.165) is 0 Å². The molecule has 17 heavy (non-hydrogen) atoms. The molecule has 2 unspecified atom stereocenters. The van der Waals surface area contributed by atoms with Gasteiger partial charge in [0.15, 0.2) is 0 Å². The third-order valence-electron chi connectivity index (χ3n) is 2.38. The number of rotatable bonds is 4. The van der Waals surface area contributed by atoms with Gasteiger partial charge in [0.25, 0.3) is 0 Å². The van der Waals surface area contributed by atoms with Crippen molar-refractivity contribution in [2.45, 2.75) is 25.4 Å². The Bertz CT molecular complexity index is 368. The Hall–Kier alpha value is -1.27. The van der Waals surface area contributed by atoms with Crippen LogP contribution < -0.4 is 10.5 Å². The first-order chi connectivity index (χ1) is 7.85. The van der Waals surface area contributed by atoms with Crippen molar-refractivity contribution in [2.24, 2.45) is 5.73 Å². The Balaban J connectivity index is 2.99. The van der Waals surface area contributed by atoms with E-state index in [1.807, 2.05) is 0 Å². The lowest BCUT2D eigenvalue weighted by molar-refractivity contribution is -0.275. The molecular weight excluding hydrogens is 235 g/mol. The molecule has 1 aromatic rings. The maximum atomic E-state index is 12.2. The van der Waals surface area contributed by atoms with E-state index < -0.39 is 18.5 Å². The molecule has 0 amide bonds. The Morgan fingerprint density at radius 1 is 1.24 bits per heavy atom. The first-order valence-corrected chi connectivity index (χ1v) is 4.98. The largest absolute Gasteiger partial charge is 0.573 e. The molecule has 0 radical (unpaired) electrons. The molecule has 0 aromatic heterocycles. The quantitative estimate of drug-likeness (QED) is 0.892. The lowest BCUT2D eigenvalue weighted by Gasteiger charge is -2.21. The van der Waals surface area contributed by atoms with Crippen LogP contribution in [0.1, 0.15) is 18.5 Å². The maximum absolute atomic E-state index is 12.2. The summed E-state index contributed by atoms with van der Waals surface area (Å²) in [5, 5.41) is 0. The molecule has 3 nitrogen and oxygen atoms in total. The van der Waals surface area contributed by atoms with Crippen LogP contribution in [0.2, 0.25) is 0 Å². The van der Waals surface area contributed by atoms with Crippen LogP contribution in [0.15, 0.2) is 24.3 Å². The van der Waals surface area contributed by atoms with Gasteiger partial charge < -0.3 is 15.2 Å². The summed E-state index contributed by atoms with van der Waals surface area (Å²) in [6.45, 7) is 1.68. The van der Waals surface area contributed by atoms with Gasteiger partial charge in [-0.25, -0.2) is 0 Å². The van der Waals surface area contributed by atoms with Gasteiger partial charge >= 0.3 is 6.36 Å². The van der Waals surface area contributed by atoms with Gasteiger partial charge in [-0.3, -0.25) is 0 Å². The minimum Gasteiger partial charge on any atom is -0.405 e. The number of ether oxygens (including phenoxy) is 2. The predicted octanol–water partition coefficient (Wildman–Crippen LogP) is 2.62. The maximum Gasteiger partial charge on any atom is 0.573 e. The number of para-hydroxylation sites is 1. The summed E-state index contributed by atoms with van der Waals surface area (Å²) in [6, 6.07) is 5.08. The summed E-state index contributed by atoms with van der Waals surface area (Å²) >= 11 is 0. The normalized spacial score (nSPS) is 15.4. The van der Waals surface area contributed by atoms with Gasteiger partial charge in [0.05, 0.1) is 12.1 Å². The van der Waals surface area contributed by atoms with Crippen LogP contribution >= 0.6 is 0 Å². The second-order valence-electron chi connectivity index (χ2n) is 3.55. The van der Waals surface area contributed by atoms with Gasteiger partial charge in [-0.1, -0.05) is 18.2 Å². The Morgan fingerprint density at radius 3 is 2.35 bits per heavy atom. The molecule has 2 N–H and O–H groups in total. The lowest BCUT2D eigenvalue weighted by Crippen LogP contribution is -2.27. The molecule has 0 aliphatic carbocycles. The Labute approximate surface area is 97.3 Å². The average molecular weight is 249 g/mol. The lowest BCUT2D eigenvalue weighted by atomic mass is 10.0. The number of hydrogen-bond acceptors (Lipinski definition) is 3. The molecule has 96 valence electrons. The van der Waals surface area contributed by atoms with Gasteiger partial charge in [0, 0.05) is 12.7 Å². The fourth-order valence-electron chi connectivity index (χ4n) is 1.37. The molecule has 0 fully saturated rings. The molecule has 0 saturated heterocycles. The summed E-state index contributed by atoms with van der Waals surface area (Å²) in [5.41, 5.74) is 6.06. The standard InChI is InChI=1S/C11H14F3NO2/c1-7(16-2)10(15)8-5-3-4-6-9(8)17-11(12,13)14/h3-7,10H,15H2,1-2H3. The van der Waals surface area contributed by atoms with E-state index in [1.54, 1.807) is 13.0 Å². The molecule has 0 aliphatic heterocycles.